The van der Waals surface area contributed by atoms with Crippen molar-refractivity contribution in [2.75, 3.05) is 0 Å². The molecular weight excluding hydrogens is 108 g/mol. The summed E-state index contributed by atoms with van der Waals surface area (Å²) in [6, 6.07) is 0. The third kappa shape index (κ3) is 228. The Morgan fingerprint density at radius 2 is 1.40 bits per heavy atom. The summed E-state index contributed by atoms with van der Waals surface area (Å²) in [7, 11) is 0. The number of rotatable bonds is 0. The van der Waals surface area contributed by atoms with Crippen LogP contribution in [0, 0.1) is 6.42 Å². The Bertz CT molecular complexity index is 10.9. The van der Waals surface area contributed by atoms with Gasteiger partial charge in [-0.25, -0.2) is 0 Å². The molecule has 0 aromatic heterocycles. The third-order valence-electron chi connectivity index (χ3n) is 0. The summed E-state index contributed by atoms with van der Waals surface area (Å²) in [6.07, 6.45) is 2.00. The summed E-state index contributed by atoms with van der Waals surface area (Å²) >= 11 is 2.00. The molecule has 0 atom stereocenters. The third-order valence-corrected chi connectivity index (χ3v) is 0. The molecule has 1 nitrogen and oxygen atoms in total. The van der Waals surface area contributed by atoms with Gasteiger partial charge in [0.05, 0.1) is 0 Å². The molecule has 0 aliphatic carbocycles. The first-order valence-corrected chi connectivity index (χ1v) is 1.75. The van der Waals surface area contributed by atoms with Gasteiger partial charge in [0.25, 0.3) is 0 Å². The summed E-state index contributed by atoms with van der Waals surface area (Å²) in [6.45, 7) is 4.00. The Kier molecular flexibility index (Phi) is 49.2. The van der Waals surface area contributed by atoms with Crippen LogP contribution in [-0.4, -0.2) is 0 Å². The maximum atomic E-state index is 8.00. The van der Waals surface area contributed by atoms with E-state index in [2.05, 4.69) is 0 Å². The summed E-state index contributed by atoms with van der Waals surface area (Å²) in [5, 5.41) is 0. The van der Waals surface area contributed by atoms with Crippen LogP contribution in [-0.2, 0) is 19.8 Å². The molecule has 0 fully saturated rings. The fraction of sp³-hybridized carbons (Fsp3) is 0.667. The van der Waals surface area contributed by atoms with E-state index in [1.165, 1.54) is 0 Å². The average Bonchev–Trinajstić information content (AvgIpc) is 1.46. The molecule has 0 unspecified atom stereocenters. The molecular formula is C3H7FeO. The fourth-order valence-electron chi connectivity index (χ4n) is 0. The molecule has 0 amide bonds. The van der Waals surface area contributed by atoms with Crippen LogP contribution in [0.4, 0.5) is 0 Å². The van der Waals surface area contributed by atoms with Crippen molar-refractivity contribution in [1.29, 1.82) is 0 Å². The monoisotopic (exact) mass is 115 g/mol. The molecule has 0 heterocycles. The standard InChI is InChI=1S/C3H7.Fe.O/c1-3-2;;/h3H,1-2H3;;. The van der Waals surface area contributed by atoms with Crippen molar-refractivity contribution in [2.45, 2.75) is 13.8 Å². The van der Waals surface area contributed by atoms with Gasteiger partial charge in [-0.05, 0) is 6.42 Å². The Labute approximate surface area is 40.8 Å². The van der Waals surface area contributed by atoms with Gasteiger partial charge in [-0.3, -0.25) is 0 Å². The van der Waals surface area contributed by atoms with Gasteiger partial charge in [0.1, 0.15) is 0 Å². The van der Waals surface area contributed by atoms with Crippen LogP contribution >= 0.6 is 0 Å². The molecule has 33 valence electrons. The van der Waals surface area contributed by atoms with Crippen LogP contribution in [0.1, 0.15) is 13.8 Å². The van der Waals surface area contributed by atoms with E-state index in [4.69, 9.17) is 3.83 Å². The summed E-state index contributed by atoms with van der Waals surface area (Å²) in [5.74, 6) is 0. The zero-order valence-corrected chi connectivity index (χ0v) is 4.44. The van der Waals surface area contributed by atoms with Crippen LogP contribution in [0.15, 0.2) is 0 Å². The van der Waals surface area contributed by atoms with E-state index in [0.29, 0.717) is 0 Å². The van der Waals surface area contributed by atoms with Crippen molar-refractivity contribution in [3.8, 4) is 0 Å². The van der Waals surface area contributed by atoms with Gasteiger partial charge >= 0.3 is 19.8 Å². The van der Waals surface area contributed by atoms with E-state index >= 15 is 0 Å². The van der Waals surface area contributed by atoms with Gasteiger partial charge in [0.2, 0.25) is 0 Å². The van der Waals surface area contributed by atoms with Crippen molar-refractivity contribution in [1.82, 2.24) is 0 Å². The first-order valence-electron chi connectivity index (χ1n) is 1.30. The van der Waals surface area contributed by atoms with Crippen LogP contribution in [0.25, 0.3) is 0 Å². The fourth-order valence-corrected chi connectivity index (χ4v) is 0. The quantitative estimate of drug-likeness (QED) is 0.432. The molecule has 0 aromatic carbocycles. The van der Waals surface area contributed by atoms with Crippen LogP contribution in [0.3, 0.4) is 0 Å². The molecule has 1 radical (unpaired) electrons. The van der Waals surface area contributed by atoms with E-state index in [1.54, 1.807) is 0 Å². The Morgan fingerprint density at radius 1 is 1.40 bits per heavy atom. The minimum absolute atomic E-state index is 2.00. The minimum atomic E-state index is 2.00. The molecule has 0 rings (SSSR count). The average molecular weight is 115 g/mol. The van der Waals surface area contributed by atoms with Crippen LogP contribution < -0.4 is 0 Å². The molecule has 0 aliphatic heterocycles. The second kappa shape index (κ2) is 27.3. The first-order chi connectivity index (χ1) is 2.41. The van der Waals surface area contributed by atoms with Crippen molar-refractivity contribution >= 4 is 0 Å². The zero-order valence-electron chi connectivity index (χ0n) is 3.34. The van der Waals surface area contributed by atoms with Crippen LogP contribution in [0.5, 0.6) is 0 Å². The summed E-state index contributed by atoms with van der Waals surface area (Å²) in [4.78, 5) is 0. The van der Waals surface area contributed by atoms with Gasteiger partial charge < -0.3 is 0 Å². The topological polar surface area (TPSA) is 17.1 Å². The second-order valence-corrected chi connectivity index (χ2v) is 0.577. The van der Waals surface area contributed by atoms with Gasteiger partial charge in [0, 0.05) is 0 Å². The first kappa shape index (κ1) is 9.01. The molecule has 0 N–H and O–H groups in total. The number of hydrogen-bond donors (Lipinski definition) is 0. The summed E-state index contributed by atoms with van der Waals surface area (Å²) < 4.78 is 8.00. The van der Waals surface area contributed by atoms with Crippen molar-refractivity contribution in [3.63, 3.8) is 0 Å². The van der Waals surface area contributed by atoms with Gasteiger partial charge in [-0.1, -0.05) is 13.8 Å². The SMILES string of the molecule is C[CH]C.[O]=[Fe]. The summed E-state index contributed by atoms with van der Waals surface area (Å²) in [5.41, 5.74) is 0. The molecule has 0 aromatic rings. The molecule has 0 bridgehead atoms. The molecule has 0 saturated carbocycles. The van der Waals surface area contributed by atoms with E-state index in [-0.39, 0.29) is 0 Å². The Hall–Kier alpha value is 0.319. The zero-order chi connectivity index (χ0) is 4.71. The molecule has 0 spiro atoms. The van der Waals surface area contributed by atoms with Crippen molar-refractivity contribution in [3.05, 3.63) is 6.42 Å². The van der Waals surface area contributed by atoms with E-state index in [1.807, 2.05) is 36.2 Å². The van der Waals surface area contributed by atoms with Crippen molar-refractivity contribution < 1.29 is 19.8 Å². The predicted molar refractivity (Wildman–Crippen MR) is 16.3 cm³/mol. The van der Waals surface area contributed by atoms with Gasteiger partial charge in [-0.15, -0.1) is 0 Å². The van der Waals surface area contributed by atoms with E-state index < -0.39 is 0 Å². The van der Waals surface area contributed by atoms with E-state index in [0.717, 1.165) is 0 Å². The van der Waals surface area contributed by atoms with Gasteiger partial charge in [-0.2, -0.15) is 0 Å². The number of hydrogen-bond acceptors (Lipinski definition) is 1. The van der Waals surface area contributed by atoms with Crippen LogP contribution in [0.2, 0.25) is 0 Å². The molecule has 2 heteroatoms. The molecule has 0 aliphatic rings. The van der Waals surface area contributed by atoms with E-state index in [9.17, 15) is 0 Å². The second-order valence-electron chi connectivity index (χ2n) is 0.577. The molecule has 5 heavy (non-hydrogen) atoms. The maximum absolute atomic E-state index is 8.00. The van der Waals surface area contributed by atoms with Crippen molar-refractivity contribution in [2.24, 2.45) is 0 Å². The molecule has 0 saturated heterocycles. The normalized spacial score (nSPS) is 4.60. The predicted octanol–water partition coefficient (Wildman–Crippen LogP) is 1.11. The Morgan fingerprint density at radius 3 is 1.40 bits per heavy atom. The van der Waals surface area contributed by atoms with Gasteiger partial charge in [0.15, 0.2) is 0 Å². The Balaban J connectivity index is 0.